The van der Waals surface area contributed by atoms with E-state index in [0.717, 1.165) is 11.5 Å². The number of carbonyl (C=O) groups is 2. The smallest absolute Gasteiger partial charge is 0.332 e. The zero-order valence-corrected chi connectivity index (χ0v) is 9.13. The third-order valence-electron chi connectivity index (χ3n) is 2.01. The molecule has 0 unspecified atom stereocenters. The zero-order chi connectivity index (χ0) is 10.6. The molecule has 5 heteroatoms. The van der Waals surface area contributed by atoms with Crippen LogP contribution in [0.2, 0.25) is 0 Å². The highest BCUT2D eigenvalue weighted by Crippen LogP contribution is 2.12. The summed E-state index contributed by atoms with van der Waals surface area (Å²) < 4.78 is 0. The molecule has 0 spiro atoms. The number of carbonyl (C=O) groups excluding carboxylic acids is 2. The minimum absolute atomic E-state index is 0.0997. The first-order chi connectivity index (χ1) is 6.59. The van der Waals surface area contributed by atoms with Gasteiger partial charge in [-0.3, -0.25) is 4.79 Å². The van der Waals surface area contributed by atoms with Gasteiger partial charge in [-0.25, -0.2) is 4.79 Å². The van der Waals surface area contributed by atoms with Gasteiger partial charge in [0.25, 0.3) is 5.91 Å². The third kappa shape index (κ3) is 3.57. The largest absolute Gasteiger partial charge is 0.338 e. The fourth-order valence-corrected chi connectivity index (χ4v) is 1.34. The van der Waals surface area contributed by atoms with E-state index in [1.165, 1.54) is 0 Å². The van der Waals surface area contributed by atoms with Crippen LogP contribution in [0, 0.1) is 0 Å². The lowest BCUT2D eigenvalue weighted by Gasteiger charge is -2.14. The van der Waals surface area contributed by atoms with Gasteiger partial charge >= 0.3 is 5.97 Å². The number of nitrogens with zero attached hydrogens (tertiary/aromatic N) is 1. The van der Waals surface area contributed by atoms with Crippen LogP contribution in [0.15, 0.2) is 0 Å². The average Bonchev–Trinajstić information content (AvgIpc) is 2.49. The van der Waals surface area contributed by atoms with E-state index in [4.69, 9.17) is 4.84 Å². The molecule has 1 amide bonds. The fourth-order valence-electron chi connectivity index (χ4n) is 1.22. The Kier molecular flexibility index (Phi) is 4.25. The molecular weight excluding hydrogens is 202 g/mol. The van der Waals surface area contributed by atoms with Crippen LogP contribution >= 0.6 is 12.6 Å². The van der Waals surface area contributed by atoms with Crippen LogP contribution in [-0.2, 0) is 14.4 Å². The molecule has 80 valence electrons. The van der Waals surface area contributed by atoms with Crippen molar-refractivity contribution in [1.29, 1.82) is 0 Å². The standard InChI is InChI=1S/C9H15NO3S/c1-7(14)4-5-9(12)13-10-6-2-3-8(10)11/h7,14H,2-6H2,1H3/t7-/m1/s1. The number of hydrogen-bond acceptors (Lipinski definition) is 4. The molecule has 0 aromatic heterocycles. The van der Waals surface area contributed by atoms with E-state index in [9.17, 15) is 9.59 Å². The maximum Gasteiger partial charge on any atom is 0.332 e. The van der Waals surface area contributed by atoms with Crippen LogP contribution in [0.3, 0.4) is 0 Å². The lowest BCUT2D eigenvalue weighted by Crippen LogP contribution is -2.28. The predicted molar refractivity (Wildman–Crippen MR) is 54.7 cm³/mol. The van der Waals surface area contributed by atoms with Gasteiger partial charge in [0.05, 0.1) is 6.54 Å². The highest BCUT2D eigenvalue weighted by molar-refractivity contribution is 7.80. The number of amides is 1. The van der Waals surface area contributed by atoms with Gasteiger partial charge < -0.3 is 4.84 Å². The van der Waals surface area contributed by atoms with Gasteiger partial charge in [-0.05, 0) is 18.1 Å². The van der Waals surface area contributed by atoms with E-state index >= 15 is 0 Å². The maximum atomic E-state index is 11.2. The second kappa shape index (κ2) is 5.24. The summed E-state index contributed by atoms with van der Waals surface area (Å²) in [6.45, 7) is 2.44. The molecule has 1 aliphatic rings. The Labute approximate surface area is 89.0 Å². The summed E-state index contributed by atoms with van der Waals surface area (Å²) in [5.74, 6) is -0.446. The number of hydrogen-bond donors (Lipinski definition) is 1. The minimum atomic E-state index is -0.346. The Morgan fingerprint density at radius 2 is 2.43 bits per heavy atom. The van der Waals surface area contributed by atoms with Crippen molar-refractivity contribution in [1.82, 2.24) is 5.06 Å². The summed E-state index contributed by atoms with van der Waals surface area (Å²) in [5.41, 5.74) is 0. The van der Waals surface area contributed by atoms with E-state index in [1.54, 1.807) is 0 Å². The summed E-state index contributed by atoms with van der Waals surface area (Å²) in [5, 5.41) is 1.34. The van der Waals surface area contributed by atoms with Crippen LogP contribution < -0.4 is 0 Å². The number of hydroxylamine groups is 2. The van der Waals surface area contributed by atoms with Gasteiger partial charge in [-0.1, -0.05) is 6.92 Å². The summed E-state index contributed by atoms with van der Waals surface area (Å²) in [4.78, 5) is 27.2. The van der Waals surface area contributed by atoms with Crippen molar-refractivity contribution in [2.45, 2.75) is 37.9 Å². The van der Waals surface area contributed by atoms with Crippen LogP contribution in [0.4, 0.5) is 0 Å². The van der Waals surface area contributed by atoms with Crippen molar-refractivity contribution < 1.29 is 14.4 Å². The Morgan fingerprint density at radius 1 is 1.71 bits per heavy atom. The molecule has 0 aromatic rings. The van der Waals surface area contributed by atoms with Crippen LogP contribution in [0.5, 0.6) is 0 Å². The molecule has 1 atom stereocenters. The zero-order valence-electron chi connectivity index (χ0n) is 8.23. The molecule has 0 saturated carbocycles. The number of thiol groups is 1. The first-order valence-electron chi connectivity index (χ1n) is 4.79. The van der Waals surface area contributed by atoms with Gasteiger partial charge in [-0.2, -0.15) is 17.7 Å². The highest BCUT2D eigenvalue weighted by atomic mass is 32.1. The van der Waals surface area contributed by atoms with Crippen molar-refractivity contribution in [2.75, 3.05) is 6.54 Å². The van der Waals surface area contributed by atoms with E-state index in [0.29, 0.717) is 25.8 Å². The third-order valence-corrected chi connectivity index (χ3v) is 2.27. The monoisotopic (exact) mass is 217 g/mol. The molecule has 0 N–H and O–H groups in total. The second-order valence-electron chi connectivity index (χ2n) is 3.45. The van der Waals surface area contributed by atoms with E-state index in [-0.39, 0.29) is 17.1 Å². The molecule has 0 radical (unpaired) electrons. The molecule has 1 aliphatic heterocycles. The Hall–Kier alpha value is -0.710. The Balaban J connectivity index is 2.23. The molecule has 0 aliphatic carbocycles. The van der Waals surface area contributed by atoms with Gasteiger partial charge in [0.2, 0.25) is 0 Å². The minimum Gasteiger partial charge on any atom is -0.338 e. The van der Waals surface area contributed by atoms with Gasteiger partial charge in [0.15, 0.2) is 0 Å². The van der Waals surface area contributed by atoms with E-state index < -0.39 is 0 Å². The van der Waals surface area contributed by atoms with Gasteiger partial charge in [0.1, 0.15) is 0 Å². The van der Waals surface area contributed by atoms with Crippen LogP contribution in [0.25, 0.3) is 0 Å². The average molecular weight is 217 g/mol. The van der Waals surface area contributed by atoms with Crippen LogP contribution in [0.1, 0.15) is 32.6 Å². The topological polar surface area (TPSA) is 46.6 Å². The van der Waals surface area contributed by atoms with Crippen molar-refractivity contribution >= 4 is 24.5 Å². The molecular formula is C9H15NO3S. The van der Waals surface area contributed by atoms with Crippen molar-refractivity contribution in [3.05, 3.63) is 0 Å². The lowest BCUT2D eigenvalue weighted by atomic mass is 10.2. The lowest BCUT2D eigenvalue weighted by molar-refractivity contribution is -0.192. The van der Waals surface area contributed by atoms with Gasteiger partial charge in [-0.15, -0.1) is 0 Å². The SMILES string of the molecule is C[C@@H](S)CCC(=O)ON1CCCC1=O. The molecule has 1 rings (SSSR count). The first kappa shape index (κ1) is 11.4. The molecule has 4 nitrogen and oxygen atoms in total. The number of rotatable bonds is 4. The van der Waals surface area contributed by atoms with Crippen molar-refractivity contribution in [3.8, 4) is 0 Å². The van der Waals surface area contributed by atoms with Crippen molar-refractivity contribution in [3.63, 3.8) is 0 Å². The highest BCUT2D eigenvalue weighted by Gasteiger charge is 2.23. The molecule has 0 bridgehead atoms. The predicted octanol–water partition coefficient (Wildman–Crippen LogP) is 1.17. The normalized spacial score (nSPS) is 18.4. The first-order valence-corrected chi connectivity index (χ1v) is 5.30. The van der Waals surface area contributed by atoms with E-state index in [1.807, 2.05) is 6.92 Å². The fraction of sp³-hybridized carbons (Fsp3) is 0.778. The summed E-state index contributed by atoms with van der Waals surface area (Å²) in [7, 11) is 0. The molecule has 14 heavy (non-hydrogen) atoms. The second-order valence-corrected chi connectivity index (χ2v) is 4.33. The van der Waals surface area contributed by atoms with Crippen molar-refractivity contribution in [2.24, 2.45) is 0 Å². The van der Waals surface area contributed by atoms with Gasteiger partial charge in [0, 0.05) is 12.8 Å². The molecule has 1 saturated heterocycles. The summed E-state index contributed by atoms with van der Waals surface area (Å²) >= 11 is 4.15. The van der Waals surface area contributed by atoms with Crippen LogP contribution in [-0.4, -0.2) is 28.7 Å². The Morgan fingerprint density at radius 3 is 2.93 bits per heavy atom. The summed E-state index contributed by atoms with van der Waals surface area (Å²) in [6.07, 6.45) is 2.24. The molecule has 1 fully saturated rings. The molecule has 1 heterocycles. The summed E-state index contributed by atoms with van der Waals surface area (Å²) in [6, 6.07) is 0. The molecule has 0 aromatic carbocycles. The Bertz CT molecular complexity index is 230. The van der Waals surface area contributed by atoms with E-state index in [2.05, 4.69) is 12.6 Å². The quantitative estimate of drug-likeness (QED) is 0.719. The maximum absolute atomic E-state index is 11.2.